The van der Waals surface area contributed by atoms with Crippen molar-refractivity contribution in [1.29, 1.82) is 0 Å². The molecule has 7 rings (SSSR count). The summed E-state index contributed by atoms with van der Waals surface area (Å²) in [6, 6.07) is 0. The quantitative estimate of drug-likeness (QED) is 0.0532. The molecule has 0 saturated carbocycles. The van der Waals surface area contributed by atoms with E-state index in [0.29, 0.717) is 72.6 Å². The van der Waals surface area contributed by atoms with Gasteiger partial charge in [-0.1, -0.05) is 138 Å². The third-order valence-electron chi connectivity index (χ3n) is 19.6. The molecule has 482 valence electrons. The lowest BCUT2D eigenvalue weighted by molar-refractivity contribution is -0.297. The SMILES string of the molecule is C=C1C[C@@H]2C[C@@H]3C[C@@H](O[Si](C)(C)C(C)(C)C)C[C@@H](O3)c3coc(n3)C=CC[C@H]3O[C@@H](C(C)=Cc4coc(C[C@]5(OC)C[C@H](OC)C[C@H]([C@@H](C=C(C)C=C[C@@H](CCC)OC)O[Si](C(C)C)(C(C)C)C(C)C)O5)n4)[C@H](C)[C@@H](OC(=O)C=CC[C@@H](C1)O2)[C@H]3C. The van der Waals surface area contributed by atoms with Crippen molar-refractivity contribution in [2.45, 2.75) is 288 Å². The van der Waals surface area contributed by atoms with Crippen LogP contribution in [0.3, 0.4) is 0 Å². The number of nitrogens with zero attached hydrogens (tertiary/aromatic N) is 2. The number of carbonyl (C=O) groups excluding carboxylic acids is 1. The predicted molar refractivity (Wildman–Crippen MR) is 344 cm³/mol. The first-order valence-electron chi connectivity index (χ1n) is 32.4. The van der Waals surface area contributed by atoms with Gasteiger partial charge in [-0.2, -0.15) is 0 Å². The second-order valence-electron chi connectivity index (χ2n) is 28.1. The van der Waals surface area contributed by atoms with Gasteiger partial charge in [0.05, 0.1) is 67.5 Å². The largest absolute Gasteiger partial charge is 0.458 e. The lowest BCUT2D eigenvalue weighted by Gasteiger charge is -2.49. The van der Waals surface area contributed by atoms with Crippen molar-refractivity contribution in [3.05, 3.63) is 95.4 Å². The molecule has 0 amide bonds. The van der Waals surface area contributed by atoms with Crippen LogP contribution < -0.4 is 0 Å². The van der Waals surface area contributed by atoms with E-state index in [1.165, 1.54) is 0 Å². The van der Waals surface area contributed by atoms with E-state index < -0.39 is 46.7 Å². The number of carbonyl (C=O) groups is 1. The van der Waals surface area contributed by atoms with Gasteiger partial charge in [-0.05, 0) is 105 Å². The second kappa shape index (κ2) is 30.5. The van der Waals surface area contributed by atoms with E-state index in [-0.39, 0.29) is 78.2 Å². The molecule has 0 aromatic carbocycles. The average molecular weight is 1230 g/mol. The van der Waals surface area contributed by atoms with Crippen molar-refractivity contribution in [2.24, 2.45) is 11.8 Å². The molecule has 0 unspecified atom stereocenters. The van der Waals surface area contributed by atoms with Crippen LogP contribution in [0.25, 0.3) is 12.2 Å². The Morgan fingerprint density at radius 3 is 2.22 bits per heavy atom. The first-order valence-corrected chi connectivity index (χ1v) is 37.4. The molecule has 86 heavy (non-hydrogen) atoms. The highest BCUT2D eigenvalue weighted by Crippen LogP contribution is 2.47. The molecule has 17 heteroatoms. The van der Waals surface area contributed by atoms with Crippen LogP contribution in [0.5, 0.6) is 0 Å². The van der Waals surface area contributed by atoms with Crippen LogP contribution in [0.15, 0.2) is 81.1 Å². The number of aromatic nitrogens is 2. The Kier molecular flexibility index (Phi) is 24.8. The minimum absolute atomic E-state index is 0.000901. The smallest absolute Gasteiger partial charge is 0.330 e. The molecule has 15 nitrogen and oxygen atoms in total. The van der Waals surface area contributed by atoms with Crippen LogP contribution in [-0.4, -0.2) is 127 Å². The summed E-state index contributed by atoms with van der Waals surface area (Å²) in [5.74, 6) is -0.962. The molecule has 0 spiro atoms. The van der Waals surface area contributed by atoms with Crippen LogP contribution >= 0.6 is 0 Å². The molecule has 0 N–H and O–H groups in total. The van der Waals surface area contributed by atoms with E-state index in [1.54, 1.807) is 39.9 Å². The zero-order chi connectivity index (χ0) is 62.9. The van der Waals surface area contributed by atoms with E-state index in [1.807, 2.05) is 31.2 Å². The van der Waals surface area contributed by atoms with Gasteiger partial charge >= 0.3 is 5.97 Å². The van der Waals surface area contributed by atoms with Crippen LogP contribution in [-0.2, 0) is 58.0 Å². The van der Waals surface area contributed by atoms with Crippen molar-refractivity contribution >= 4 is 34.8 Å². The molecule has 5 aliphatic rings. The van der Waals surface area contributed by atoms with Gasteiger partial charge < -0.3 is 55.6 Å². The minimum Gasteiger partial charge on any atom is -0.458 e. The topological polar surface area (TPSA) is 161 Å². The molecule has 5 aliphatic heterocycles. The number of allylic oxidation sites excluding steroid dienone is 2. The van der Waals surface area contributed by atoms with Gasteiger partial charge in [0.1, 0.15) is 36.1 Å². The van der Waals surface area contributed by atoms with Gasteiger partial charge in [-0.15, -0.1) is 0 Å². The fraction of sp³-hybridized carbons (Fsp3) is 0.725. The molecular weight excluding hydrogens is 1120 g/mol. The summed E-state index contributed by atoms with van der Waals surface area (Å²) < 4.78 is 79.9. The number of fused-ring (bicyclic) bond motifs is 9. The van der Waals surface area contributed by atoms with Gasteiger partial charge in [0.2, 0.25) is 14.2 Å². The Balaban J connectivity index is 1.14. The molecule has 8 bridgehead atoms. The zero-order valence-corrected chi connectivity index (χ0v) is 58.0. The molecule has 4 fully saturated rings. The lowest BCUT2D eigenvalue weighted by Crippen LogP contribution is -2.57. The van der Waals surface area contributed by atoms with E-state index in [2.05, 4.69) is 128 Å². The molecule has 0 aliphatic carbocycles. The number of hydrogen-bond acceptors (Lipinski definition) is 15. The maximum absolute atomic E-state index is 13.9. The van der Waals surface area contributed by atoms with Gasteiger partial charge in [0, 0.05) is 64.9 Å². The first kappa shape index (κ1) is 69.9. The Labute approximate surface area is 519 Å². The summed E-state index contributed by atoms with van der Waals surface area (Å²) in [7, 11) is 0.673. The summed E-state index contributed by atoms with van der Waals surface area (Å²) in [6.45, 7) is 40.3. The maximum Gasteiger partial charge on any atom is 0.330 e. The Morgan fingerprint density at radius 1 is 0.849 bits per heavy atom. The van der Waals surface area contributed by atoms with E-state index in [4.69, 9.17) is 65.5 Å². The van der Waals surface area contributed by atoms with E-state index >= 15 is 0 Å². The van der Waals surface area contributed by atoms with E-state index in [9.17, 15) is 4.79 Å². The number of esters is 1. The fourth-order valence-corrected chi connectivity index (χ4v) is 21.0. The Morgan fingerprint density at radius 2 is 1.56 bits per heavy atom. The van der Waals surface area contributed by atoms with Crippen molar-refractivity contribution in [1.82, 2.24) is 9.97 Å². The summed E-state index contributed by atoms with van der Waals surface area (Å²) in [6.07, 6.45) is 24.5. The number of ether oxygens (including phenoxy) is 8. The summed E-state index contributed by atoms with van der Waals surface area (Å²) in [5, 5.41) is 0.0553. The zero-order valence-electron chi connectivity index (χ0n) is 56.0. The van der Waals surface area contributed by atoms with Crippen molar-refractivity contribution in [2.75, 3.05) is 21.3 Å². The van der Waals surface area contributed by atoms with Gasteiger partial charge in [0.15, 0.2) is 20.0 Å². The Bertz CT molecular complexity index is 2640. The normalized spacial score (nSPS) is 31.4. The minimum atomic E-state index is -2.43. The highest BCUT2D eigenvalue weighted by molar-refractivity contribution is 6.77. The standard InChI is InChI=1S/C69H110N2O13Si2/c1-21-24-52(73-16)30-29-46(8)33-62(84-86(43(2)3,44(4)5)45(6)7)61-38-57(74-17)39-69(75-18,82-61)40-64-70-51(41-76-64)34-48(10)66-50(12)67-49(11)59(80-66)26-23-27-63-71-58(42-77-63)60-37-56(83-85(19,20)68(13,14)15)36-55(79-60)35-54-32-47(9)31-53(78-54)25-22-28-65(72)81-67/h22-23,27-30,33-34,41-45,49-50,52-57,59-62,66-67H,9,21,24-26,31-32,35-40H2,1-8,10-20H3/t49-,50-,52+,53-,54+,55+,56+,57+,59+,60+,61+,62+,66-,67-,69-/m0/s1. The first-order chi connectivity index (χ1) is 40.6. The highest BCUT2D eigenvalue weighted by Gasteiger charge is 2.52. The number of oxazole rings is 2. The maximum atomic E-state index is 13.9. The number of rotatable bonds is 20. The van der Waals surface area contributed by atoms with Crippen molar-refractivity contribution in [3.63, 3.8) is 0 Å². The van der Waals surface area contributed by atoms with Crippen LogP contribution in [0.4, 0.5) is 0 Å². The van der Waals surface area contributed by atoms with Crippen molar-refractivity contribution < 1.29 is 60.4 Å². The van der Waals surface area contributed by atoms with Gasteiger partial charge in [-0.25, -0.2) is 14.8 Å². The molecular formula is C69H110N2O13Si2. The molecule has 4 saturated heterocycles. The third kappa shape index (κ3) is 17.7. The van der Waals surface area contributed by atoms with Gasteiger partial charge in [0.25, 0.3) is 0 Å². The fourth-order valence-electron chi connectivity index (χ4n) is 14.1. The average Bonchev–Trinajstić information content (AvgIpc) is 3.21. The second-order valence-corrected chi connectivity index (χ2v) is 38.3. The monoisotopic (exact) mass is 1230 g/mol. The predicted octanol–water partition coefficient (Wildman–Crippen LogP) is 16.1. The molecule has 15 atom stereocenters. The molecule has 2 aromatic rings. The summed E-state index contributed by atoms with van der Waals surface area (Å²) in [4.78, 5) is 23.9. The summed E-state index contributed by atoms with van der Waals surface area (Å²) >= 11 is 0. The molecule has 7 heterocycles. The summed E-state index contributed by atoms with van der Waals surface area (Å²) in [5.41, 5.74) is 5.55. The molecule has 0 radical (unpaired) electrons. The van der Waals surface area contributed by atoms with E-state index in [0.717, 1.165) is 54.5 Å². The van der Waals surface area contributed by atoms with Gasteiger partial charge in [-0.3, -0.25) is 0 Å². The van der Waals surface area contributed by atoms with Crippen molar-refractivity contribution in [3.8, 4) is 0 Å². The number of methoxy groups -OCH3 is 3. The van der Waals surface area contributed by atoms with Crippen LogP contribution in [0.1, 0.15) is 197 Å². The Hall–Kier alpha value is -3.60. The third-order valence-corrected chi connectivity index (χ3v) is 30.2. The molecule has 2 aromatic heterocycles. The number of hydrogen-bond donors (Lipinski definition) is 0. The van der Waals surface area contributed by atoms with Crippen LogP contribution in [0.2, 0.25) is 34.8 Å². The highest BCUT2D eigenvalue weighted by atomic mass is 28.4. The lowest BCUT2D eigenvalue weighted by atomic mass is 9.79. The van der Waals surface area contributed by atoms with Crippen LogP contribution in [0, 0.1) is 11.8 Å².